The van der Waals surface area contributed by atoms with E-state index in [2.05, 4.69) is 6.92 Å². The third kappa shape index (κ3) is 3.57. The number of hydrogen-bond donors (Lipinski definition) is 2. The maximum Gasteiger partial charge on any atom is 0.339 e. The van der Waals surface area contributed by atoms with Crippen molar-refractivity contribution in [2.75, 3.05) is 12.3 Å². The maximum absolute atomic E-state index is 10.8. The predicted molar refractivity (Wildman–Crippen MR) is 64.8 cm³/mol. The van der Waals surface area contributed by atoms with Gasteiger partial charge in [0.1, 0.15) is 17.1 Å². The summed E-state index contributed by atoms with van der Waals surface area (Å²) in [4.78, 5) is 10.8. The van der Waals surface area contributed by atoms with Crippen molar-refractivity contribution in [2.24, 2.45) is 11.7 Å². The SMILES string of the molecule is Cc1oc(CSCC(C)CN)cc1C(=O)O. The molecule has 1 heterocycles. The molecule has 0 radical (unpaired) electrons. The van der Waals surface area contributed by atoms with Gasteiger partial charge in [0.15, 0.2) is 0 Å². The monoisotopic (exact) mass is 243 g/mol. The van der Waals surface area contributed by atoms with Gasteiger partial charge in [0.2, 0.25) is 0 Å². The van der Waals surface area contributed by atoms with Gasteiger partial charge in [-0.05, 0) is 31.2 Å². The van der Waals surface area contributed by atoms with Gasteiger partial charge in [-0.1, -0.05) is 6.92 Å². The first-order chi connectivity index (χ1) is 7.54. The Morgan fingerprint density at radius 2 is 2.38 bits per heavy atom. The van der Waals surface area contributed by atoms with E-state index in [0.29, 0.717) is 29.7 Å². The van der Waals surface area contributed by atoms with Crippen LogP contribution in [0.25, 0.3) is 0 Å². The molecule has 1 aromatic heterocycles. The molecule has 0 spiro atoms. The Labute approximate surface area is 99.2 Å². The number of carboxylic acid groups (broad SMARTS) is 1. The lowest BCUT2D eigenvalue weighted by atomic mass is 10.2. The standard InChI is InChI=1S/C11H17NO3S/c1-7(4-12)5-16-6-9-3-10(11(13)14)8(2)15-9/h3,7H,4-6,12H2,1-2H3,(H,13,14). The molecule has 0 aromatic carbocycles. The normalized spacial score (nSPS) is 12.7. The van der Waals surface area contributed by atoms with Gasteiger partial charge in [-0.2, -0.15) is 11.8 Å². The van der Waals surface area contributed by atoms with E-state index in [1.54, 1.807) is 24.8 Å². The highest BCUT2D eigenvalue weighted by molar-refractivity contribution is 7.98. The van der Waals surface area contributed by atoms with E-state index in [0.717, 1.165) is 5.75 Å². The number of aromatic carboxylic acids is 1. The average Bonchev–Trinajstić information content (AvgIpc) is 2.59. The average molecular weight is 243 g/mol. The van der Waals surface area contributed by atoms with Crippen LogP contribution in [0, 0.1) is 12.8 Å². The molecule has 4 nitrogen and oxygen atoms in total. The molecule has 1 unspecified atom stereocenters. The molecule has 90 valence electrons. The highest BCUT2D eigenvalue weighted by atomic mass is 32.2. The molecular formula is C11H17NO3S. The summed E-state index contributed by atoms with van der Waals surface area (Å²) in [5.41, 5.74) is 5.76. The zero-order valence-electron chi connectivity index (χ0n) is 9.53. The van der Waals surface area contributed by atoms with Gasteiger partial charge >= 0.3 is 5.97 Å². The van der Waals surface area contributed by atoms with Crippen LogP contribution in [-0.4, -0.2) is 23.4 Å². The zero-order valence-corrected chi connectivity index (χ0v) is 10.3. The van der Waals surface area contributed by atoms with Crippen LogP contribution < -0.4 is 5.73 Å². The molecule has 1 aromatic rings. The number of aryl methyl sites for hydroxylation is 1. The molecule has 3 N–H and O–H groups in total. The minimum absolute atomic E-state index is 0.252. The molecule has 0 aliphatic rings. The Kier molecular flexibility index (Phi) is 4.89. The maximum atomic E-state index is 10.8. The van der Waals surface area contributed by atoms with Gasteiger partial charge in [0, 0.05) is 0 Å². The van der Waals surface area contributed by atoms with Gasteiger partial charge in [-0.25, -0.2) is 4.79 Å². The molecule has 1 rings (SSSR count). The molecule has 0 fully saturated rings. The largest absolute Gasteiger partial charge is 0.478 e. The van der Waals surface area contributed by atoms with E-state index in [9.17, 15) is 4.79 Å². The van der Waals surface area contributed by atoms with Crippen molar-refractivity contribution >= 4 is 17.7 Å². The Morgan fingerprint density at radius 3 is 2.88 bits per heavy atom. The fourth-order valence-electron chi connectivity index (χ4n) is 1.26. The van der Waals surface area contributed by atoms with Crippen LogP contribution in [0.2, 0.25) is 0 Å². The van der Waals surface area contributed by atoms with Crippen molar-refractivity contribution in [3.8, 4) is 0 Å². The van der Waals surface area contributed by atoms with Crippen LogP contribution >= 0.6 is 11.8 Å². The topological polar surface area (TPSA) is 76.5 Å². The van der Waals surface area contributed by atoms with Crippen LogP contribution in [0.3, 0.4) is 0 Å². The molecule has 1 atom stereocenters. The summed E-state index contributed by atoms with van der Waals surface area (Å²) in [7, 11) is 0. The zero-order chi connectivity index (χ0) is 12.1. The summed E-state index contributed by atoms with van der Waals surface area (Å²) in [6.45, 7) is 4.42. The second kappa shape index (κ2) is 5.96. The lowest BCUT2D eigenvalue weighted by Crippen LogP contribution is -2.12. The minimum atomic E-state index is -0.937. The Balaban J connectivity index is 2.49. The number of furan rings is 1. The van der Waals surface area contributed by atoms with Crippen LogP contribution in [0.5, 0.6) is 0 Å². The van der Waals surface area contributed by atoms with E-state index in [1.165, 1.54) is 0 Å². The lowest BCUT2D eigenvalue weighted by Gasteiger charge is -2.05. The molecule has 0 bridgehead atoms. The van der Waals surface area contributed by atoms with Crippen molar-refractivity contribution in [1.29, 1.82) is 0 Å². The summed E-state index contributed by atoms with van der Waals surface area (Å²) in [6.07, 6.45) is 0. The first-order valence-electron chi connectivity index (χ1n) is 5.15. The molecule has 0 aliphatic carbocycles. The highest BCUT2D eigenvalue weighted by Gasteiger charge is 2.13. The molecule has 5 heteroatoms. The van der Waals surface area contributed by atoms with Crippen molar-refractivity contribution < 1.29 is 14.3 Å². The number of carboxylic acids is 1. The van der Waals surface area contributed by atoms with E-state index in [1.807, 2.05) is 0 Å². The number of rotatable bonds is 6. The predicted octanol–water partition coefficient (Wildman–Crippen LogP) is 2.11. The lowest BCUT2D eigenvalue weighted by molar-refractivity contribution is 0.0695. The molecule has 0 saturated carbocycles. The molecule has 0 aliphatic heterocycles. The van der Waals surface area contributed by atoms with Gasteiger partial charge in [-0.15, -0.1) is 0 Å². The Hall–Kier alpha value is -0.940. The van der Waals surface area contributed by atoms with Crippen molar-refractivity contribution in [1.82, 2.24) is 0 Å². The van der Waals surface area contributed by atoms with E-state index in [4.69, 9.17) is 15.3 Å². The number of carbonyl (C=O) groups is 1. The minimum Gasteiger partial charge on any atom is -0.478 e. The molecular weight excluding hydrogens is 226 g/mol. The fourth-order valence-corrected chi connectivity index (χ4v) is 2.26. The quantitative estimate of drug-likeness (QED) is 0.800. The Bertz CT molecular complexity index is 362. The second-order valence-corrected chi connectivity index (χ2v) is 4.87. The van der Waals surface area contributed by atoms with Gasteiger partial charge in [0.25, 0.3) is 0 Å². The summed E-state index contributed by atoms with van der Waals surface area (Å²) in [5, 5.41) is 8.85. The first kappa shape index (κ1) is 13.1. The van der Waals surface area contributed by atoms with Gasteiger partial charge in [-0.3, -0.25) is 0 Å². The summed E-state index contributed by atoms with van der Waals surface area (Å²) in [6, 6.07) is 1.60. The summed E-state index contributed by atoms with van der Waals surface area (Å²) >= 11 is 1.71. The van der Waals surface area contributed by atoms with Crippen molar-refractivity contribution in [3.05, 3.63) is 23.2 Å². The van der Waals surface area contributed by atoms with Crippen molar-refractivity contribution in [3.63, 3.8) is 0 Å². The Morgan fingerprint density at radius 1 is 1.69 bits per heavy atom. The smallest absolute Gasteiger partial charge is 0.339 e. The second-order valence-electron chi connectivity index (χ2n) is 3.84. The fraction of sp³-hybridized carbons (Fsp3) is 0.545. The van der Waals surface area contributed by atoms with Gasteiger partial charge < -0.3 is 15.3 Å². The third-order valence-corrected chi connectivity index (χ3v) is 3.54. The number of thioether (sulfide) groups is 1. The van der Waals surface area contributed by atoms with Crippen LogP contribution in [0.15, 0.2) is 10.5 Å². The van der Waals surface area contributed by atoms with Crippen LogP contribution in [-0.2, 0) is 5.75 Å². The summed E-state index contributed by atoms with van der Waals surface area (Å²) in [5.74, 6) is 2.36. The summed E-state index contributed by atoms with van der Waals surface area (Å²) < 4.78 is 5.36. The highest BCUT2D eigenvalue weighted by Crippen LogP contribution is 2.20. The van der Waals surface area contributed by atoms with Gasteiger partial charge in [0.05, 0.1) is 5.75 Å². The van der Waals surface area contributed by atoms with Crippen LogP contribution in [0.1, 0.15) is 28.8 Å². The molecule has 0 amide bonds. The van der Waals surface area contributed by atoms with Crippen molar-refractivity contribution in [2.45, 2.75) is 19.6 Å². The van der Waals surface area contributed by atoms with Crippen LogP contribution in [0.4, 0.5) is 0 Å². The molecule has 16 heavy (non-hydrogen) atoms. The van der Waals surface area contributed by atoms with E-state index >= 15 is 0 Å². The van der Waals surface area contributed by atoms with E-state index < -0.39 is 5.97 Å². The number of hydrogen-bond acceptors (Lipinski definition) is 4. The number of nitrogens with two attached hydrogens (primary N) is 1. The first-order valence-corrected chi connectivity index (χ1v) is 6.30. The third-order valence-electron chi connectivity index (χ3n) is 2.25. The van der Waals surface area contributed by atoms with E-state index in [-0.39, 0.29) is 5.56 Å². The molecule has 0 saturated heterocycles.